The van der Waals surface area contributed by atoms with E-state index in [1.165, 1.54) is 0 Å². The van der Waals surface area contributed by atoms with Gasteiger partial charge in [0.2, 0.25) is 5.88 Å². The second-order valence-electron chi connectivity index (χ2n) is 6.14. The van der Waals surface area contributed by atoms with Crippen molar-refractivity contribution in [3.05, 3.63) is 51.6 Å². The highest BCUT2D eigenvalue weighted by atomic mass is 35.5. The Hall–Kier alpha value is -2.65. The van der Waals surface area contributed by atoms with Gasteiger partial charge in [-0.25, -0.2) is 4.79 Å². The summed E-state index contributed by atoms with van der Waals surface area (Å²) in [5.74, 6) is -0.486. The Morgan fingerprint density at radius 2 is 2.15 bits per heavy atom. The first kappa shape index (κ1) is 20.7. The number of hydrogen-bond donors (Lipinski definition) is 1. The van der Waals surface area contributed by atoms with Crippen LogP contribution < -0.4 is 10.5 Å². The number of carbonyl (C=O) groups is 1. The molecule has 2 unspecified atom stereocenters. The summed E-state index contributed by atoms with van der Waals surface area (Å²) in [6, 6.07) is 7.20. The van der Waals surface area contributed by atoms with E-state index >= 15 is 0 Å². The molecule has 2 N–H and O–H groups in total. The van der Waals surface area contributed by atoms with E-state index in [0.29, 0.717) is 22.1 Å². The topological polar surface area (TPSA) is 94.6 Å². The SMILES string of the molecule is CCOC(=O)C1=C(C)OC(N)=C(C#N)C1c1ccc(OC(C)CC)c(Cl)c1. The zero-order valence-electron chi connectivity index (χ0n) is 15.8. The summed E-state index contributed by atoms with van der Waals surface area (Å²) in [4.78, 5) is 12.5. The normalized spacial score (nSPS) is 17.9. The number of hydrogen-bond acceptors (Lipinski definition) is 6. The molecular weight excluding hydrogens is 368 g/mol. The third-order valence-corrected chi connectivity index (χ3v) is 4.59. The minimum atomic E-state index is -0.724. The fraction of sp³-hybridized carbons (Fsp3) is 0.400. The first-order valence-electron chi connectivity index (χ1n) is 8.75. The quantitative estimate of drug-likeness (QED) is 0.733. The first-order valence-corrected chi connectivity index (χ1v) is 9.13. The molecule has 0 bridgehead atoms. The number of benzene rings is 1. The fourth-order valence-corrected chi connectivity index (χ4v) is 3.01. The molecule has 0 aliphatic carbocycles. The van der Waals surface area contributed by atoms with Gasteiger partial charge in [0.25, 0.3) is 0 Å². The van der Waals surface area contributed by atoms with E-state index in [0.717, 1.165) is 6.42 Å². The van der Waals surface area contributed by atoms with E-state index in [2.05, 4.69) is 0 Å². The molecule has 2 atom stereocenters. The van der Waals surface area contributed by atoms with Crippen molar-refractivity contribution < 1.29 is 19.0 Å². The average Bonchev–Trinajstić information content (AvgIpc) is 2.62. The van der Waals surface area contributed by atoms with Crippen molar-refractivity contribution in [2.24, 2.45) is 5.73 Å². The van der Waals surface area contributed by atoms with Crippen molar-refractivity contribution >= 4 is 17.6 Å². The molecule has 144 valence electrons. The third-order valence-electron chi connectivity index (χ3n) is 4.29. The molecule has 0 amide bonds. The van der Waals surface area contributed by atoms with Crippen LogP contribution in [0.2, 0.25) is 5.02 Å². The van der Waals surface area contributed by atoms with Crippen molar-refractivity contribution in [1.29, 1.82) is 5.26 Å². The fourth-order valence-electron chi connectivity index (χ4n) is 2.78. The Morgan fingerprint density at radius 3 is 2.70 bits per heavy atom. The van der Waals surface area contributed by atoms with Gasteiger partial charge in [-0.1, -0.05) is 24.6 Å². The van der Waals surface area contributed by atoms with E-state index in [4.69, 9.17) is 31.5 Å². The molecular formula is C20H23ClN2O4. The summed E-state index contributed by atoms with van der Waals surface area (Å²) in [5, 5.41) is 9.97. The molecule has 1 heterocycles. The van der Waals surface area contributed by atoms with Crippen molar-refractivity contribution in [3.8, 4) is 11.8 Å². The maximum atomic E-state index is 12.5. The Labute approximate surface area is 164 Å². The van der Waals surface area contributed by atoms with Crippen LogP contribution in [0.1, 0.15) is 45.6 Å². The number of carbonyl (C=O) groups excluding carboxylic acids is 1. The van der Waals surface area contributed by atoms with Crippen LogP contribution in [-0.4, -0.2) is 18.7 Å². The summed E-state index contributed by atoms with van der Waals surface area (Å²) in [5.41, 5.74) is 6.88. The van der Waals surface area contributed by atoms with Crippen molar-refractivity contribution in [1.82, 2.24) is 0 Å². The summed E-state index contributed by atoms with van der Waals surface area (Å²) < 4.78 is 16.3. The predicted octanol–water partition coefficient (Wildman–Crippen LogP) is 4.16. The van der Waals surface area contributed by atoms with Crippen LogP contribution in [0.5, 0.6) is 5.75 Å². The molecule has 1 aromatic carbocycles. The van der Waals surface area contributed by atoms with Crippen LogP contribution in [-0.2, 0) is 14.3 Å². The molecule has 0 aromatic heterocycles. The number of allylic oxidation sites excluding steroid dienone is 2. The summed E-state index contributed by atoms with van der Waals surface area (Å²) in [6.07, 6.45) is 0.851. The minimum absolute atomic E-state index is 0.0128. The van der Waals surface area contributed by atoms with Crippen LogP contribution >= 0.6 is 11.6 Å². The lowest BCUT2D eigenvalue weighted by molar-refractivity contribution is -0.139. The zero-order chi connectivity index (χ0) is 20.1. The molecule has 1 aliphatic heterocycles. The lowest BCUT2D eigenvalue weighted by Gasteiger charge is -2.27. The van der Waals surface area contributed by atoms with E-state index < -0.39 is 11.9 Å². The number of esters is 1. The molecule has 1 aromatic rings. The summed E-state index contributed by atoms with van der Waals surface area (Å²) in [7, 11) is 0. The monoisotopic (exact) mass is 390 g/mol. The number of ether oxygens (including phenoxy) is 3. The van der Waals surface area contributed by atoms with Gasteiger partial charge in [0.1, 0.15) is 23.2 Å². The zero-order valence-corrected chi connectivity index (χ0v) is 16.6. The number of nitriles is 1. The van der Waals surface area contributed by atoms with Gasteiger partial charge < -0.3 is 19.9 Å². The Balaban J connectivity index is 2.53. The molecule has 7 heteroatoms. The predicted molar refractivity (Wildman–Crippen MR) is 102 cm³/mol. The highest BCUT2D eigenvalue weighted by Crippen LogP contribution is 2.41. The molecule has 0 saturated carbocycles. The molecule has 27 heavy (non-hydrogen) atoms. The van der Waals surface area contributed by atoms with E-state index in [1.54, 1.807) is 32.0 Å². The summed E-state index contributed by atoms with van der Waals surface area (Å²) in [6.45, 7) is 7.49. The second-order valence-corrected chi connectivity index (χ2v) is 6.55. The van der Waals surface area contributed by atoms with Crippen molar-refractivity contribution in [2.75, 3.05) is 6.61 Å². The molecule has 0 radical (unpaired) electrons. The van der Waals surface area contributed by atoms with Crippen LogP contribution in [0.25, 0.3) is 0 Å². The number of halogens is 1. The molecule has 0 fully saturated rings. The maximum absolute atomic E-state index is 12.5. The van der Waals surface area contributed by atoms with E-state index in [-0.39, 0.29) is 29.7 Å². The molecule has 6 nitrogen and oxygen atoms in total. The molecule has 0 spiro atoms. The Bertz CT molecular complexity index is 839. The van der Waals surface area contributed by atoms with Gasteiger partial charge in [0.05, 0.1) is 29.2 Å². The third kappa shape index (κ3) is 4.37. The van der Waals surface area contributed by atoms with E-state index in [1.807, 2.05) is 19.9 Å². The number of nitrogens with zero attached hydrogens (tertiary/aromatic N) is 1. The molecule has 1 aliphatic rings. The van der Waals surface area contributed by atoms with Crippen LogP contribution in [0.15, 0.2) is 41.0 Å². The highest BCUT2D eigenvalue weighted by molar-refractivity contribution is 6.32. The van der Waals surface area contributed by atoms with Crippen molar-refractivity contribution in [2.45, 2.75) is 46.1 Å². The standard InChI is InChI=1S/C20H23ClN2O4/c1-5-11(3)26-16-8-7-13(9-15(16)21)18-14(10-22)19(23)27-12(4)17(18)20(24)25-6-2/h7-9,11,18H,5-6,23H2,1-4H3. The van der Waals surface area contributed by atoms with Gasteiger partial charge in [0, 0.05) is 0 Å². The largest absolute Gasteiger partial charge is 0.489 e. The van der Waals surface area contributed by atoms with Gasteiger partial charge in [-0.2, -0.15) is 5.26 Å². The van der Waals surface area contributed by atoms with E-state index in [9.17, 15) is 10.1 Å². The maximum Gasteiger partial charge on any atom is 0.338 e. The van der Waals surface area contributed by atoms with Gasteiger partial charge in [-0.15, -0.1) is 0 Å². The Kier molecular flexibility index (Phi) is 6.75. The van der Waals surface area contributed by atoms with Crippen LogP contribution in [0, 0.1) is 11.3 Å². The molecule has 2 rings (SSSR count). The molecule has 0 saturated heterocycles. The van der Waals surface area contributed by atoms with Gasteiger partial charge in [-0.05, 0) is 44.9 Å². The lowest BCUT2D eigenvalue weighted by atomic mass is 9.83. The van der Waals surface area contributed by atoms with Crippen molar-refractivity contribution in [3.63, 3.8) is 0 Å². The lowest BCUT2D eigenvalue weighted by Crippen LogP contribution is -2.25. The van der Waals surface area contributed by atoms with Crippen LogP contribution in [0.4, 0.5) is 0 Å². The Morgan fingerprint density at radius 1 is 1.44 bits per heavy atom. The highest BCUT2D eigenvalue weighted by Gasteiger charge is 2.36. The van der Waals surface area contributed by atoms with Gasteiger partial charge in [-0.3, -0.25) is 0 Å². The van der Waals surface area contributed by atoms with Gasteiger partial charge in [0.15, 0.2) is 0 Å². The second kappa shape index (κ2) is 8.83. The average molecular weight is 391 g/mol. The summed E-state index contributed by atoms with van der Waals surface area (Å²) >= 11 is 6.38. The minimum Gasteiger partial charge on any atom is -0.489 e. The smallest absolute Gasteiger partial charge is 0.338 e. The number of rotatable bonds is 6. The van der Waals surface area contributed by atoms with Crippen LogP contribution in [0.3, 0.4) is 0 Å². The number of nitrogens with two attached hydrogens (primary N) is 1. The first-order chi connectivity index (χ1) is 12.8. The van der Waals surface area contributed by atoms with Gasteiger partial charge >= 0.3 is 5.97 Å².